The summed E-state index contributed by atoms with van der Waals surface area (Å²) in [4.78, 5) is 26.3. The van der Waals surface area contributed by atoms with Crippen LogP contribution in [0.5, 0.6) is 0 Å². The van der Waals surface area contributed by atoms with Crippen molar-refractivity contribution >= 4 is 79.4 Å². The number of halogens is 2. The zero-order valence-electron chi connectivity index (χ0n) is 12.1. The van der Waals surface area contributed by atoms with Crippen molar-refractivity contribution in [1.82, 2.24) is 5.32 Å². The van der Waals surface area contributed by atoms with E-state index in [1.165, 1.54) is 4.90 Å². The first-order valence-corrected chi connectivity index (χ1v) is 9.16. The lowest BCUT2D eigenvalue weighted by Crippen LogP contribution is -2.54. The molecule has 2 amide bonds. The molecule has 0 spiro atoms. The summed E-state index contributed by atoms with van der Waals surface area (Å²) < 4.78 is 1.89. The van der Waals surface area contributed by atoms with Crippen LogP contribution in [-0.2, 0) is 9.59 Å². The number of hydrogen-bond donors (Lipinski definition) is 1. The second-order valence-corrected chi connectivity index (χ2v) is 7.54. The van der Waals surface area contributed by atoms with Gasteiger partial charge in [-0.25, -0.2) is 0 Å². The Morgan fingerprint density at radius 3 is 2.50 bits per heavy atom. The molecule has 2 aromatic rings. The molecule has 1 aliphatic heterocycles. The number of carbonyl (C=O) groups excluding carboxylic acids is 2. The normalized spacial score (nSPS) is 16.5. The van der Waals surface area contributed by atoms with Gasteiger partial charge in [-0.1, -0.05) is 34.1 Å². The largest absolute Gasteiger partial charge is 0.298 e. The van der Waals surface area contributed by atoms with Crippen molar-refractivity contribution in [3.63, 3.8) is 0 Å². The molecule has 1 N–H and O–H groups in total. The first-order chi connectivity index (χ1) is 11.5. The molecule has 0 aromatic heterocycles. The van der Waals surface area contributed by atoms with Crippen LogP contribution >= 0.6 is 50.7 Å². The molecule has 1 fully saturated rings. The van der Waals surface area contributed by atoms with Gasteiger partial charge in [-0.2, -0.15) is 0 Å². The minimum Gasteiger partial charge on any atom is -0.298 e. The van der Waals surface area contributed by atoms with Crippen molar-refractivity contribution in [2.45, 2.75) is 0 Å². The molecule has 1 saturated heterocycles. The summed E-state index contributed by atoms with van der Waals surface area (Å²) >= 11 is 10.7. The van der Waals surface area contributed by atoms with Gasteiger partial charge in [0.2, 0.25) is 0 Å². The number of nitrogens with zero attached hydrogens (tertiary/aromatic N) is 1. The predicted octanol–water partition coefficient (Wildman–Crippen LogP) is 3.89. The van der Waals surface area contributed by atoms with E-state index >= 15 is 0 Å². The molecule has 0 unspecified atom stereocenters. The van der Waals surface area contributed by atoms with Crippen LogP contribution in [0.3, 0.4) is 0 Å². The lowest BCUT2D eigenvalue weighted by molar-refractivity contribution is -0.122. The quantitative estimate of drug-likeness (QED) is 0.287. The van der Waals surface area contributed by atoms with Crippen molar-refractivity contribution in [3.8, 4) is 0 Å². The summed E-state index contributed by atoms with van der Waals surface area (Å²) in [6.45, 7) is 0. The maximum Gasteiger partial charge on any atom is 0.270 e. The second-order valence-electron chi connectivity index (χ2n) is 4.99. The van der Waals surface area contributed by atoms with E-state index in [2.05, 4.69) is 43.8 Å². The molecule has 0 saturated carbocycles. The van der Waals surface area contributed by atoms with Crippen LogP contribution in [-0.4, -0.2) is 16.9 Å². The fourth-order valence-electron chi connectivity index (χ4n) is 2.23. The van der Waals surface area contributed by atoms with Gasteiger partial charge in [-0.15, -0.1) is 0 Å². The molecule has 1 heterocycles. The van der Waals surface area contributed by atoms with Crippen LogP contribution in [0, 0.1) is 3.57 Å². The Balaban J connectivity index is 2.01. The average molecular weight is 513 g/mol. The van der Waals surface area contributed by atoms with Crippen molar-refractivity contribution in [1.29, 1.82) is 0 Å². The Labute approximate surface area is 166 Å². The molecule has 0 radical (unpaired) electrons. The van der Waals surface area contributed by atoms with Crippen LogP contribution in [0.1, 0.15) is 5.56 Å². The number of hydrogen-bond acceptors (Lipinski definition) is 3. The lowest BCUT2D eigenvalue weighted by atomic mass is 10.1. The number of rotatable bonds is 2. The Kier molecular flexibility index (Phi) is 5.12. The van der Waals surface area contributed by atoms with Crippen LogP contribution in [0.2, 0.25) is 0 Å². The second kappa shape index (κ2) is 7.12. The molecule has 0 bridgehead atoms. The van der Waals surface area contributed by atoms with Crippen molar-refractivity contribution < 1.29 is 9.59 Å². The SMILES string of the molecule is O=C1NC(=S)N(c2cccc(Br)c2)C(=O)/C1=C/c1ccc(I)cc1. The van der Waals surface area contributed by atoms with Crippen molar-refractivity contribution in [2.75, 3.05) is 4.90 Å². The smallest absolute Gasteiger partial charge is 0.270 e. The van der Waals surface area contributed by atoms with Crippen LogP contribution in [0.15, 0.2) is 58.6 Å². The van der Waals surface area contributed by atoms with E-state index in [9.17, 15) is 9.59 Å². The van der Waals surface area contributed by atoms with Gasteiger partial charge >= 0.3 is 0 Å². The minimum absolute atomic E-state index is 0.0461. The molecular formula is C17H10BrIN2O2S. The molecule has 0 aliphatic carbocycles. The van der Waals surface area contributed by atoms with Gasteiger partial charge in [0.25, 0.3) is 11.8 Å². The van der Waals surface area contributed by atoms with Gasteiger partial charge in [0.1, 0.15) is 5.57 Å². The topological polar surface area (TPSA) is 49.4 Å². The van der Waals surface area contributed by atoms with E-state index in [1.54, 1.807) is 24.3 Å². The van der Waals surface area contributed by atoms with Crippen LogP contribution in [0.4, 0.5) is 5.69 Å². The maximum atomic E-state index is 12.8. The number of anilines is 1. The summed E-state index contributed by atoms with van der Waals surface area (Å²) in [7, 11) is 0. The monoisotopic (exact) mass is 512 g/mol. The Bertz CT molecular complexity index is 880. The van der Waals surface area contributed by atoms with E-state index in [1.807, 2.05) is 30.3 Å². The number of thiocarbonyl (C=S) groups is 1. The zero-order chi connectivity index (χ0) is 17.3. The summed E-state index contributed by atoms with van der Waals surface area (Å²) in [5.74, 6) is -0.935. The molecule has 1 aliphatic rings. The summed E-state index contributed by atoms with van der Waals surface area (Å²) in [6.07, 6.45) is 1.57. The van der Waals surface area contributed by atoms with E-state index in [-0.39, 0.29) is 10.7 Å². The highest BCUT2D eigenvalue weighted by atomic mass is 127. The van der Waals surface area contributed by atoms with Crippen molar-refractivity contribution in [2.24, 2.45) is 0 Å². The Morgan fingerprint density at radius 2 is 1.83 bits per heavy atom. The van der Waals surface area contributed by atoms with Gasteiger partial charge in [-0.3, -0.25) is 19.8 Å². The molecule has 7 heteroatoms. The summed E-state index contributed by atoms with van der Waals surface area (Å²) in [5, 5.41) is 2.64. The number of nitrogens with one attached hydrogen (secondary N) is 1. The van der Waals surface area contributed by atoms with Crippen LogP contribution < -0.4 is 10.2 Å². The molecule has 3 rings (SSSR count). The summed E-state index contributed by atoms with van der Waals surface area (Å²) in [6, 6.07) is 14.7. The molecule has 2 aromatic carbocycles. The molecule has 0 atom stereocenters. The average Bonchev–Trinajstić information content (AvgIpc) is 2.53. The zero-order valence-corrected chi connectivity index (χ0v) is 16.7. The van der Waals surface area contributed by atoms with E-state index in [0.717, 1.165) is 13.6 Å². The van der Waals surface area contributed by atoms with Gasteiger partial charge in [0.15, 0.2) is 5.11 Å². The van der Waals surface area contributed by atoms with Gasteiger partial charge < -0.3 is 0 Å². The fraction of sp³-hybridized carbons (Fsp3) is 0. The number of benzene rings is 2. The summed E-state index contributed by atoms with van der Waals surface area (Å²) in [5.41, 5.74) is 1.41. The highest BCUT2D eigenvalue weighted by Crippen LogP contribution is 2.24. The van der Waals surface area contributed by atoms with Gasteiger partial charge in [0, 0.05) is 8.04 Å². The third-order valence-corrected chi connectivity index (χ3v) is 4.85. The van der Waals surface area contributed by atoms with E-state index in [0.29, 0.717) is 5.69 Å². The van der Waals surface area contributed by atoms with Crippen LogP contribution in [0.25, 0.3) is 6.08 Å². The van der Waals surface area contributed by atoms with Gasteiger partial charge in [-0.05, 0) is 76.8 Å². The Morgan fingerprint density at radius 1 is 1.12 bits per heavy atom. The molecular weight excluding hydrogens is 503 g/mol. The first-order valence-electron chi connectivity index (χ1n) is 6.88. The molecule has 120 valence electrons. The highest BCUT2D eigenvalue weighted by molar-refractivity contribution is 14.1. The fourth-order valence-corrected chi connectivity index (χ4v) is 3.26. The first kappa shape index (κ1) is 17.2. The molecule has 4 nitrogen and oxygen atoms in total. The number of amides is 2. The third-order valence-electron chi connectivity index (χ3n) is 3.35. The minimum atomic E-state index is -0.491. The Hall–Kier alpha value is -1.58. The maximum absolute atomic E-state index is 12.8. The highest BCUT2D eigenvalue weighted by Gasteiger charge is 2.34. The van der Waals surface area contributed by atoms with Gasteiger partial charge in [0.05, 0.1) is 5.69 Å². The van der Waals surface area contributed by atoms with E-state index < -0.39 is 11.8 Å². The molecule has 24 heavy (non-hydrogen) atoms. The van der Waals surface area contributed by atoms with Crippen molar-refractivity contribution in [3.05, 3.63) is 67.7 Å². The standard InChI is InChI=1S/C17H10BrIN2O2S/c18-11-2-1-3-13(9-11)21-16(23)14(15(22)20-17(21)24)8-10-4-6-12(19)7-5-10/h1-9H,(H,20,22,24)/b14-8+. The lowest BCUT2D eigenvalue weighted by Gasteiger charge is -2.29. The van der Waals surface area contributed by atoms with E-state index in [4.69, 9.17) is 12.2 Å². The number of carbonyl (C=O) groups is 2. The predicted molar refractivity (Wildman–Crippen MR) is 110 cm³/mol. The third kappa shape index (κ3) is 3.57.